The van der Waals surface area contributed by atoms with Crippen molar-refractivity contribution in [3.05, 3.63) is 29.3 Å². The molecule has 2 amide bonds. The van der Waals surface area contributed by atoms with Gasteiger partial charge in [0.15, 0.2) is 0 Å². The predicted octanol–water partition coefficient (Wildman–Crippen LogP) is 2.10. The Morgan fingerprint density at radius 2 is 2.29 bits per heavy atom. The van der Waals surface area contributed by atoms with Gasteiger partial charge in [-0.15, -0.1) is 10.2 Å². The van der Waals surface area contributed by atoms with E-state index in [1.165, 1.54) is 11.3 Å². The van der Waals surface area contributed by atoms with Crippen molar-refractivity contribution in [1.82, 2.24) is 10.2 Å². The summed E-state index contributed by atoms with van der Waals surface area (Å²) in [4.78, 5) is 26.3. The molecule has 1 aromatic carbocycles. The highest BCUT2D eigenvalue weighted by molar-refractivity contribution is 7.15. The summed E-state index contributed by atoms with van der Waals surface area (Å²) < 4.78 is 5.18. The number of anilines is 2. The van der Waals surface area contributed by atoms with Crippen molar-refractivity contribution in [1.29, 1.82) is 0 Å². The molecular formula is C16H18N4O3S. The van der Waals surface area contributed by atoms with Gasteiger partial charge >= 0.3 is 0 Å². The number of methoxy groups -OCH3 is 1. The van der Waals surface area contributed by atoms with Gasteiger partial charge in [-0.2, -0.15) is 0 Å². The van der Waals surface area contributed by atoms with Gasteiger partial charge in [-0.05, 0) is 18.6 Å². The van der Waals surface area contributed by atoms with Crippen molar-refractivity contribution in [3.63, 3.8) is 0 Å². The third-order valence-electron chi connectivity index (χ3n) is 3.86. The van der Waals surface area contributed by atoms with Crippen molar-refractivity contribution in [2.75, 3.05) is 23.9 Å². The zero-order valence-corrected chi connectivity index (χ0v) is 14.3. The molecule has 1 aliphatic rings. The number of amides is 2. The SMILES string of the molecule is CCc1nnc(NC(=O)[C@H]2CC(=O)N(c3cccc(OC)c3)C2)s1. The highest BCUT2D eigenvalue weighted by atomic mass is 32.1. The van der Waals surface area contributed by atoms with E-state index in [2.05, 4.69) is 15.5 Å². The molecule has 1 N–H and O–H groups in total. The van der Waals surface area contributed by atoms with E-state index in [0.717, 1.165) is 17.1 Å². The molecule has 0 aliphatic carbocycles. The molecule has 0 unspecified atom stereocenters. The van der Waals surface area contributed by atoms with Crippen molar-refractivity contribution < 1.29 is 14.3 Å². The van der Waals surface area contributed by atoms with Crippen LogP contribution >= 0.6 is 11.3 Å². The largest absolute Gasteiger partial charge is 0.497 e. The van der Waals surface area contributed by atoms with Crippen LogP contribution in [0.4, 0.5) is 10.8 Å². The maximum absolute atomic E-state index is 12.4. The number of benzene rings is 1. The molecule has 8 heteroatoms. The molecule has 0 spiro atoms. The number of aryl methyl sites for hydroxylation is 1. The summed E-state index contributed by atoms with van der Waals surface area (Å²) in [6.07, 6.45) is 0.960. The summed E-state index contributed by atoms with van der Waals surface area (Å²) in [5.74, 6) is -0.00528. The van der Waals surface area contributed by atoms with E-state index >= 15 is 0 Å². The number of rotatable bonds is 5. The van der Waals surface area contributed by atoms with E-state index in [4.69, 9.17) is 4.74 Å². The molecule has 1 aromatic heterocycles. The van der Waals surface area contributed by atoms with E-state index < -0.39 is 5.92 Å². The Bertz CT molecular complexity index is 761. The van der Waals surface area contributed by atoms with E-state index in [1.54, 1.807) is 18.1 Å². The molecule has 1 aliphatic heterocycles. The average molecular weight is 346 g/mol. The van der Waals surface area contributed by atoms with E-state index in [1.807, 2.05) is 25.1 Å². The highest BCUT2D eigenvalue weighted by Gasteiger charge is 2.35. The standard InChI is InChI=1S/C16H18N4O3S/c1-3-13-18-19-16(24-13)17-15(22)10-7-14(21)20(9-10)11-5-4-6-12(8-11)23-2/h4-6,8,10H,3,7,9H2,1-2H3,(H,17,19,22)/t10-/m0/s1. The molecule has 7 nitrogen and oxygen atoms in total. The second-order valence-corrected chi connectivity index (χ2v) is 6.51. The third-order valence-corrected chi connectivity index (χ3v) is 4.84. The first-order valence-electron chi connectivity index (χ1n) is 7.68. The summed E-state index contributed by atoms with van der Waals surface area (Å²) in [5.41, 5.74) is 0.735. The van der Waals surface area contributed by atoms with Crippen LogP contribution in [0.15, 0.2) is 24.3 Å². The third kappa shape index (κ3) is 3.38. The fourth-order valence-corrected chi connectivity index (χ4v) is 3.25. The number of nitrogens with one attached hydrogen (secondary N) is 1. The van der Waals surface area contributed by atoms with Crippen molar-refractivity contribution >= 4 is 34.0 Å². The smallest absolute Gasteiger partial charge is 0.231 e. The zero-order chi connectivity index (χ0) is 17.1. The Morgan fingerprint density at radius 3 is 3.00 bits per heavy atom. The molecule has 0 saturated carbocycles. The molecule has 126 valence electrons. The lowest BCUT2D eigenvalue weighted by molar-refractivity contribution is -0.122. The number of aromatic nitrogens is 2. The lowest BCUT2D eigenvalue weighted by atomic mass is 10.1. The molecule has 24 heavy (non-hydrogen) atoms. The second-order valence-electron chi connectivity index (χ2n) is 5.45. The number of nitrogens with zero attached hydrogens (tertiary/aromatic N) is 3. The van der Waals surface area contributed by atoms with Crippen LogP contribution in [0.25, 0.3) is 0 Å². The van der Waals surface area contributed by atoms with Crippen LogP contribution in [0.3, 0.4) is 0 Å². The highest BCUT2D eigenvalue weighted by Crippen LogP contribution is 2.28. The topological polar surface area (TPSA) is 84.4 Å². The summed E-state index contributed by atoms with van der Waals surface area (Å²) in [7, 11) is 1.58. The predicted molar refractivity (Wildman–Crippen MR) is 91.4 cm³/mol. The zero-order valence-electron chi connectivity index (χ0n) is 13.5. The van der Waals surface area contributed by atoms with Gasteiger partial charge in [0, 0.05) is 24.7 Å². The summed E-state index contributed by atoms with van der Waals surface area (Å²) in [6, 6.07) is 7.26. The fraction of sp³-hybridized carbons (Fsp3) is 0.375. The van der Waals surface area contributed by atoms with Crippen LogP contribution < -0.4 is 15.0 Å². The average Bonchev–Trinajstić information content (AvgIpc) is 3.21. The first kappa shape index (κ1) is 16.4. The molecule has 0 bridgehead atoms. The quantitative estimate of drug-likeness (QED) is 0.896. The number of hydrogen-bond donors (Lipinski definition) is 1. The van der Waals surface area contributed by atoms with Crippen LogP contribution in [-0.4, -0.2) is 35.7 Å². The van der Waals surface area contributed by atoms with Gasteiger partial charge in [0.2, 0.25) is 16.9 Å². The van der Waals surface area contributed by atoms with Gasteiger partial charge < -0.3 is 15.0 Å². The first-order valence-corrected chi connectivity index (χ1v) is 8.50. The normalized spacial score (nSPS) is 17.2. The summed E-state index contributed by atoms with van der Waals surface area (Å²) in [5, 5.41) is 12.0. The van der Waals surface area contributed by atoms with Crippen LogP contribution in [0.2, 0.25) is 0 Å². The number of hydrogen-bond acceptors (Lipinski definition) is 6. The Morgan fingerprint density at radius 1 is 1.46 bits per heavy atom. The Labute approximate surface area is 143 Å². The molecule has 2 aromatic rings. The lowest BCUT2D eigenvalue weighted by Gasteiger charge is -2.17. The van der Waals surface area contributed by atoms with Crippen molar-refractivity contribution in [2.45, 2.75) is 19.8 Å². The minimum atomic E-state index is -0.405. The van der Waals surface area contributed by atoms with Crippen LogP contribution in [0.5, 0.6) is 5.75 Å². The van der Waals surface area contributed by atoms with Gasteiger partial charge in [0.1, 0.15) is 10.8 Å². The van der Waals surface area contributed by atoms with Crippen LogP contribution in [0.1, 0.15) is 18.4 Å². The van der Waals surface area contributed by atoms with Crippen molar-refractivity contribution in [2.24, 2.45) is 5.92 Å². The van der Waals surface area contributed by atoms with Crippen LogP contribution in [0, 0.1) is 5.92 Å². The fourth-order valence-electron chi connectivity index (χ4n) is 2.57. The van der Waals surface area contributed by atoms with Gasteiger partial charge in [-0.1, -0.05) is 24.3 Å². The maximum Gasteiger partial charge on any atom is 0.231 e. The van der Waals surface area contributed by atoms with Gasteiger partial charge in [0.25, 0.3) is 0 Å². The van der Waals surface area contributed by atoms with Gasteiger partial charge in [-0.25, -0.2) is 0 Å². The van der Waals surface area contributed by atoms with E-state index in [9.17, 15) is 9.59 Å². The molecule has 2 heterocycles. The summed E-state index contributed by atoms with van der Waals surface area (Å²) >= 11 is 1.35. The number of carbonyl (C=O) groups is 2. The Hall–Kier alpha value is -2.48. The minimum Gasteiger partial charge on any atom is -0.497 e. The van der Waals surface area contributed by atoms with Crippen LogP contribution in [-0.2, 0) is 16.0 Å². The van der Waals surface area contributed by atoms with E-state index in [0.29, 0.717) is 17.4 Å². The second kappa shape index (κ2) is 6.96. The van der Waals surface area contributed by atoms with Gasteiger partial charge in [-0.3, -0.25) is 9.59 Å². The number of carbonyl (C=O) groups excluding carboxylic acids is 2. The lowest BCUT2D eigenvalue weighted by Crippen LogP contribution is -2.28. The van der Waals surface area contributed by atoms with E-state index in [-0.39, 0.29) is 18.2 Å². The number of ether oxygens (including phenoxy) is 1. The molecule has 1 atom stereocenters. The Balaban J connectivity index is 1.68. The van der Waals surface area contributed by atoms with Crippen molar-refractivity contribution in [3.8, 4) is 5.75 Å². The Kier molecular flexibility index (Phi) is 4.75. The molecule has 1 saturated heterocycles. The molecule has 3 rings (SSSR count). The molecule has 1 fully saturated rings. The maximum atomic E-state index is 12.4. The van der Waals surface area contributed by atoms with Gasteiger partial charge in [0.05, 0.1) is 13.0 Å². The molecule has 0 radical (unpaired) electrons. The molecular weight excluding hydrogens is 328 g/mol. The summed E-state index contributed by atoms with van der Waals surface area (Å²) in [6.45, 7) is 2.32. The minimum absolute atomic E-state index is 0.0742. The monoisotopic (exact) mass is 346 g/mol. The first-order chi connectivity index (χ1) is 11.6.